The van der Waals surface area contributed by atoms with Crippen LogP contribution in [-0.2, 0) is 16.4 Å². The molecule has 4 heteroatoms. The Bertz CT molecular complexity index is 1280. The maximum Gasteiger partial charge on any atom is 0.170 e. The highest BCUT2D eigenvalue weighted by molar-refractivity contribution is 7.85. The fourth-order valence-corrected chi connectivity index (χ4v) is 7.34. The van der Waals surface area contributed by atoms with E-state index in [1.807, 2.05) is 109 Å². The maximum atomic E-state index is 14.2. The van der Waals surface area contributed by atoms with Crippen LogP contribution in [0.4, 0.5) is 0 Å². The van der Waals surface area contributed by atoms with Crippen molar-refractivity contribution in [2.24, 2.45) is 5.92 Å². The molecule has 1 N–H and O–H groups in total. The van der Waals surface area contributed by atoms with Crippen LogP contribution in [0.15, 0.2) is 121 Å². The number of aliphatic hydroxyl groups is 1. The van der Waals surface area contributed by atoms with Gasteiger partial charge in [-0.05, 0) is 23.1 Å². The number of ketones is 1. The zero-order valence-corrected chi connectivity index (χ0v) is 19.5. The van der Waals surface area contributed by atoms with Crippen molar-refractivity contribution in [1.29, 1.82) is 0 Å². The molecule has 4 aromatic carbocycles. The Morgan fingerprint density at radius 1 is 0.706 bits per heavy atom. The van der Waals surface area contributed by atoms with Crippen LogP contribution in [0.1, 0.15) is 44.0 Å². The predicted molar refractivity (Wildman–Crippen MR) is 136 cm³/mol. The van der Waals surface area contributed by atoms with E-state index in [-0.39, 0.29) is 12.2 Å². The van der Waals surface area contributed by atoms with Crippen LogP contribution in [0.2, 0.25) is 0 Å². The number of hydrogen-bond donors (Lipinski definition) is 1. The summed E-state index contributed by atoms with van der Waals surface area (Å²) < 4.78 is 14.2. The molecule has 1 heterocycles. The van der Waals surface area contributed by atoms with Gasteiger partial charge in [0.1, 0.15) is 5.60 Å². The normalized spacial score (nSPS) is 26.6. The molecule has 0 aromatic heterocycles. The van der Waals surface area contributed by atoms with Gasteiger partial charge < -0.3 is 5.11 Å². The SMILES string of the molecule is O=C(c1ccccc1)[C@@H]1[C@H](c2ccccc2)[S@](=O)[C@@H](c2ccccc2)C[C@]1(O)c1ccccc1. The van der Waals surface area contributed by atoms with Gasteiger partial charge in [0.15, 0.2) is 5.78 Å². The van der Waals surface area contributed by atoms with Gasteiger partial charge in [-0.3, -0.25) is 9.00 Å². The van der Waals surface area contributed by atoms with Crippen molar-refractivity contribution < 1.29 is 14.1 Å². The van der Waals surface area contributed by atoms with E-state index in [1.54, 1.807) is 12.1 Å². The molecule has 4 aromatic rings. The first-order chi connectivity index (χ1) is 16.6. The van der Waals surface area contributed by atoms with Crippen molar-refractivity contribution in [2.75, 3.05) is 0 Å². The first-order valence-electron chi connectivity index (χ1n) is 11.5. The Kier molecular flexibility index (Phi) is 6.27. The molecule has 1 saturated heterocycles. The molecule has 0 amide bonds. The molecular weight excluding hydrogens is 440 g/mol. The second-order valence-corrected chi connectivity index (χ2v) is 10.5. The summed E-state index contributed by atoms with van der Waals surface area (Å²) in [5, 5.41) is 11.4. The number of carbonyl (C=O) groups excluding carboxylic acids is 1. The highest BCUT2D eigenvalue weighted by atomic mass is 32.2. The molecule has 0 saturated carbocycles. The summed E-state index contributed by atoms with van der Waals surface area (Å²) in [5.74, 6) is -1.10. The maximum absolute atomic E-state index is 14.2. The van der Waals surface area contributed by atoms with Crippen LogP contribution in [0.25, 0.3) is 0 Å². The third-order valence-electron chi connectivity index (χ3n) is 6.76. The van der Waals surface area contributed by atoms with Gasteiger partial charge in [0.2, 0.25) is 0 Å². The van der Waals surface area contributed by atoms with Gasteiger partial charge in [0.25, 0.3) is 0 Å². The van der Waals surface area contributed by atoms with E-state index in [4.69, 9.17) is 0 Å². The summed E-state index contributed by atoms with van der Waals surface area (Å²) in [6, 6.07) is 37.6. The molecule has 1 aliphatic heterocycles. The number of hydrogen-bond acceptors (Lipinski definition) is 3. The van der Waals surface area contributed by atoms with E-state index < -0.39 is 32.8 Å². The van der Waals surface area contributed by atoms with Crippen molar-refractivity contribution in [3.63, 3.8) is 0 Å². The lowest BCUT2D eigenvalue weighted by Gasteiger charge is -2.47. The molecule has 0 radical (unpaired) electrons. The van der Waals surface area contributed by atoms with Gasteiger partial charge >= 0.3 is 0 Å². The topological polar surface area (TPSA) is 54.4 Å². The first-order valence-corrected chi connectivity index (χ1v) is 12.7. The predicted octanol–water partition coefficient (Wildman–Crippen LogP) is 6.01. The van der Waals surface area contributed by atoms with Crippen LogP contribution in [0.5, 0.6) is 0 Å². The smallest absolute Gasteiger partial charge is 0.170 e. The number of rotatable bonds is 5. The average Bonchev–Trinajstić information content (AvgIpc) is 2.91. The summed E-state index contributed by atoms with van der Waals surface area (Å²) in [5.41, 5.74) is 1.39. The summed E-state index contributed by atoms with van der Waals surface area (Å²) in [6.45, 7) is 0. The Labute approximate surface area is 202 Å². The van der Waals surface area contributed by atoms with E-state index in [2.05, 4.69) is 0 Å². The number of benzene rings is 4. The minimum atomic E-state index is -1.50. The summed E-state index contributed by atoms with van der Waals surface area (Å²) in [6.07, 6.45) is 0.195. The Morgan fingerprint density at radius 3 is 1.74 bits per heavy atom. The minimum absolute atomic E-state index is 0.194. The van der Waals surface area contributed by atoms with Gasteiger partial charge in [0, 0.05) is 16.4 Å². The lowest BCUT2D eigenvalue weighted by molar-refractivity contribution is -0.0298. The van der Waals surface area contributed by atoms with Crippen LogP contribution in [-0.4, -0.2) is 15.1 Å². The van der Waals surface area contributed by atoms with Crippen LogP contribution in [0.3, 0.4) is 0 Å². The molecule has 34 heavy (non-hydrogen) atoms. The molecule has 5 rings (SSSR count). The summed E-state index contributed by atoms with van der Waals surface area (Å²) >= 11 is 0. The lowest BCUT2D eigenvalue weighted by Crippen LogP contribution is -2.50. The summed E-state index contributed by atoms with van der Waals surface area (Å²) in [4.78, 5) is 14.1. The fourth-order valence-electron chi connectivity index (χ4n) is 5.10. The monoisotopic (exact) mass is 466 g/mol. The van der Waals surface area contributed by atoms with Crippen molar-refractivity contribution >= 4 is 16.6 Å². The standard InChI is InChI=1S/C30H26O3S/c31-28(23-15-7-2-8-16-23)27-29(24-17-9-3-10-18-24)34(33)26(22-13-5-1-6-14-22)21-30(27,32)25-19-11-4-12-20-25/h1-20,26-27,29,32H,21H2/t26-,27-,29+,30+,34-/m1/s1. The van der Waals surface area contributed by atoms with Gasteiger partial charge in [-0.1, -0.05) is 121 Å². The molecule has 0 bridgehead atoms. The second kappa shape index (κ2) is 9.49. The van der Waals surface area contributed by atoms with Gasteiger partial charge in [-0.25, -0.2) is 0 Å². The summed E-state index contributed by atoms with van der Waals surface area (Å²) in [7, 11) is -1.44. The first kappa shape index (κ1) is 22.5. The Morgan fingerprint density at radius 2 is 1.18 bits per heavy atom. The highest BCUT2D eigenvalue weighted by Crippen LogP contribution is 2.55. The fraction of sp³-hybridized carbons (Fsp3) is 0.167. The molecule has 3 nitrogen and oxygen atoms in total. The van der Waals surface area contributed by atoms with E-state index in [1.165, 1.54) is 0 Å². The quantitative estimate of drug-likeness (QED) is 0.367. The zero-order chi connectivity index (χ0) is 23.5. The van der Waals surface area contributed by atoms with Crippen LogP contribution in [0, 0.1) is 5.92 Å². The zero-order valence-electron chi connectivity index (χ0n) is 18.7. The largest absolute Gasteiger partial charge is 0.384 e. The van der Waals surface area contributed by atoms with Crippen LogP contribution < -0.4 is 0 Å². The molecule has 0 unspecified atom stereocenters. The van der Waals surface area contributed by atoms with Crippen molar-refractivity contribution in [2.45, 2.75) is 22.5 Å². The van der Waals surface area contributed by atoms with Crippen molar-refractivity contribution in [3.05, 3.63) is 144 Å². The molecular formula is C30H26O3S. The Hall–Kier alpha value is -3.34. The third kappa shape index (κ3) is 4.04. The van der Waals surface area contributed by atoms with Crippen molar-refractivity contribution in [3.8, 4) is 0 Å². The molecule has 5 atom stereocenters. The molecule has 1 fully saturated rings. The van der Waals surface area contributed by atoms with Gasteiger partial charge in [0.05, 0.1) is 16.4 Å². The van der Waals surface area contributed by atoms with Gasteiger partial charge in [-0.15, -0.1) is 0 Å². The molecule has 1 aliphatic rings. The lowest BCUT2D eigenvalue weighted by atomic mass is 9.70. The number of carbonyl (C=O) groups is 1. The highest BCUT2D eigenvalue weighted by Gasteiger charge is 2.56. The molecule has 0 spiro atoms. The van der Waals surface area contributed by atoms with Crippen molar-refractivity contribution in [1.82, 2.24) is 0 Å². The van der Waals surface area contributed by atoms with E-state index in [0.717, 1.165) is 11.1 Å². The van der Waals surface area contributed by atoms with E-state index >= 15 is 0 Å². The average molecular weight is 467 g/mol. The third-order valence-corrected chi connectivity index (χ3v) is 8.80. The molecule has 0 aliphatic carbocycles. The van der Waals surface area contributed by atoms with Gasteiger partial charge in [-0.2, -0.15) is 0 Å². The second-order valence-electron chi connectivity index (χ2n) is 8.76. The molecule has 170 valence electrons. The Balaban J connectivity index is 1.74. The van der Waals surface area contributed by atoms with E-state index in [0.29, 0.717) is 11.1 Å². The van der Waals surface area contributed by atoms with Crippen LogP contribution >= 0.6 is 0 Å². The number of Topliss-reactive ketones (excluding diaryl/α,β-unsaturated/α-hetero) is 1. The van der Waals surface area contributed by atoms with E-state index in [9.17, 15) is 14.1 Å². The minimum Gasteiger partial charge on any atom is -0.384 e.